The number of hydrogen-bond donors (Lipinski definition) is 0. The van der Waals surface area contributed by atoms with E-state index in [9.17, 15) is 0 Å². The number of aromatic nitrogens is 2. The second kappa shape index (κ2) is 14.4. The molecule has 0 spiro atoms. The number of fused-ring (bicyclic) bond motifs is 1. The number of benzene rings is 1. The molecule has 4 rings (SSSR count). The van der Waals surface area contributed by atoms with Crippen molar-refractivity contribution in [2.45, 2.75) is 122 Å². The molecule has 3 aromatic rings. The second-order valence-electron chi connectivity index (χ2n) is 11.8. The number of rotatable bonds is 16. The Balaban J connectivity index is 1.27. The SMILES string of the molecule is CCCCCCCCC1CCC(COc2ccc(C(C)(CCCCC)c3csc4nccn34)cc2)CC1. The highest BCUT2D eigenvalue weighted by Crippen LogP contribution is 2.40. The molecule has 1 fully saturated rings. The molecule has 0 radical (unpaired) electrons. The molecule has 4 heteroatoms. The van der Waals surface area contributed by atoms with Crippen molar-refractivity contribution in [2.75, 3.05) is 6.61 Å². The van der Waals surface area contributed by atoms with Crippen molar-refractivity contribution in [2.24, 2.45) is 11.8 Å². The first-order valence-electron chi connectivity index (χ1n) is 15.3. The smallest absolute Gasteiger partial charge is 0.193 e. The van der Waals surface area contributed by atoms with Crippen molar-refractivity contribution in [1.82, 2.24) is 9.38 Å². The van der Waals surface area contributed by atoms with Crippen molar-refractivity contribution in [3.63, 3.8) is 0 Å². The number of imidazole rings is 1. The summed E-state index contributed by atoms with van der Waals surface area (Å²) in [6.45, 7) is 7.86. The molecule has 1 atom stereocenters. The maximum absolute atomic E-state index is 6.32. The third kappa shape index (κ3) is 7.62. The monoisotopic (exact) mass is 522 g/mol. The number of thiazole rings is 1. The first kappa shape index (κ1) is 28.2. The topological polar surface area (TPSA) is 26.5 Å². The van der Waals surface area contributed by atoms with Crippen LogP contribution in [-0.2, 0) is 5.41 Å². The highest BCUT2D eigenvalue weighted by molar-refractivity contribution is 7.15. The van der Waals surface area contributed by atoms with E-state index in [1.807, 2.05) is 6.20 Å². The van der Waals surface area contributed by atoms with Crippen LogP contribution < -0.4 is 4.74 Å². The Labute approximate surface area is 230 Å². The van der Waals surface area contributed by atoms with Gasteiger partial charge in [0.25, 0.3) is 0 Å². The van der Waals surface area contributed by atoms with Crippen LogP contribution in [0.4, 0.5) is 0 Å². The van der Waals surface area contributed by atoms with Crippen LogP contribution in [0.1, 0.15) is 128 Å². The van der Waals surface area contributed by atoms with Gasteiger partial charge in [-0.3, -0.25) is 4.40 Å². The normalized spacial score (nSPS) is 19.8. The summed E-state index contributed by atoms with van der Waals surface area (Å²) in [6.07, 6.45) is 24.4. The fourth-order valence-electron chi connectivity index (χ4n) is 6.30. The third-order valence-electron chi connectivity index (χ3n) is 8.90. The summed E-state index contributed by atoms with van der Waals surface area (Å²) in [6, 6.07) is 9.02. The molecule has 0 amide bonds. The van der Waals surface area contributed by atoms with Gasteiger partial charge in [0.05, 0.1) is 6.61 Å². The largest absolute Gasteiger partial charge is 0.493 e. The molecule has 1 saturated carbocycles. The van der Waals surface area contributed by atoms with Crippen LogP contribution in [0, 0.1) is 11.8 Å². The van der Waals surface area contributed by atoms with Crippen molar-refractivity contribution < 1.29 is 4.74 Å². The maximum Gasteiger partial charge on any atom is 0.193 e. The van der Waals surface area contributed by atoms with Gasteiger partial charge in [-0.2, -0.15) is 0 Å². The number of nitrogens with zero attached hydrogens (tertiary/aromatic N) is 2. The molecule has 3 nitrogen and oxygen atoms in total. The van der Waals surface area contributed by atoms with Crippen LogP contribution in [0.15, 0.2) is 42.0 Å². The lowest BCUT2D eigenvalue weighted by Crippen LogP contribution is -2.25. The van der Waals surface area contributed by atoms with Gasteiger partial charge in [0.15, 0.2) is 4.96 Å². The molecule has 0 aliphatic heterocycles. The van der Waals surface area contributed by atoms with Gasteiger partial charge >= 0.3 is 0 Å². The van der Waals surface area contributed by atoms with Crippen molar-refractivity contribution in [3.8, 4) is 5.75 Å². The molecule has 2 aromatic heterocycles. The fourth-order valence-corrected chi connectivity index (χ4v) is 7.29. The summed E-state index contributed by atoms with van der Waals surface area (Å²) >= 11 is 1.74. The summed E-state index contributed by atoms with van der Waals surface area (Å²) in [7, 11) is 0. The number of hydrogen-bond acceptors (Lipinski definition) is 3. The maximum atomic E-state index is 6.32. The lowest BCUT2D eigenvalue weighted by atomic mass is 9.75. The summed E-state index contributed by atoms with van der Waals surface area (Å²) in [4.78, 5) is 5.60. The van der Waals surface area contributed by atoms with Crippen molar-refractivity contribution in [1.29, 1.82) is 0 Å². The van der Waals surface area contributed by atoms with Gasteiger partial charge in [0, 0.05) is 28.9 Å². The minimum Gasteiger partial charge on any atom is -0.493 e. The van der Waals surface area contributed by atoms with Crippen molar-refractivity contribution in [3.05, 3.63) is 53.3 Å². The molecule has 0 saturated heterocycles. The van der Waals surface area contributed by atoms with Crippen LogP contribution in [0.5, 0.6) is 5.75 Å². The molecule has 204 valence electrons. The number of unbranched alkanes of at least 4 members (excludes halogenated alkanes) is 7. The molecule has 1 unspecified atom stereocenters. The Hall–Kier alpha value is -1.81. The molecule has 1 aliphatic rings. The predicted molar refractivity (Wildman–Crippen MR) is 159 cm³/mol. The lowest BCUT2D eigenvalue weighted by Gasteiger charge is -2.31. The molecule has 1 aliphatic carbocycles. The summed E-state index contributed by atoms with van der Waals surface area (Å²) in [5, 5.41) is 2.31. The molecule has 0 bridgehead atoms. The van der Waals surface area contributed by atoms with Gasteiger partial charge in [-0.1, -0.05) is 103 Å². The van der Waals surface area contributed by atoms with E-state index >= 15 is 0 Å². The predicted octanol–water partition coefficient (Wildman–Crippen LogP) is 10.2. The van der Waals surface area contributed by atoms with Crippen LogP contribution in [0.3, 0.4) is 0 Å². The van der Waals surface area contributed by atoms with Gasteiger partial charge in [-0.05, 0) is 55.7 Å². The zero-order valence-electron chi connectivity index (χ0n) is 23.7. The first-order chi connectivity index (χ1) is 18.1. The van der Waals surface area contributed by atoms with E-state index in [2.05, 4.69) is 66.0 Å². The highest BCUT2D eigenvalue weighted by Gasteiger charge is 2.32. The zero-order chi connectivity index (χ0) is 25.9. The minimum atomic E-state index is -0.0268. The van der Waals surface area contributed by atoms with E-state index < -0.39 is 0 Å². The Morgan fingerprint density at radius 1 is 0.892 bits per heavy atom. The Morgan fingerprint density at radius 3 is 2.32 bits per heavy atom. The summed E-state index contributed by atoms with van der Waals surface area (Å²) in [5.74, 6) is 2.71. The number of ether oxygens (including phenoxy) is 1. The average Bonchev–Trinajstić information content (AvgIpc) is 3.55. The third-order valence-corrected chi connectivity index (χ3v) is 9.75. The molecule has 37 heavy (non-hydrogen) atoms. The molecule has 1 aromatic carbocycles. The fraction of sp³-hybridized carbons (Fsp3) is 0.667. The minimum absolute atomic E-state index is 0.0268. The van der Waals surface area contributed by atoms with Crippen LogP contribution in [-0.4, -0.2) is 16.0 Å². The van der Waals surface area contributed by atoms with E-state index in [-0.39, 0.29) is 5.41 Å². The van der Waals surface area contributed by atoms with E-state index in [0.29, 0.717) is 0 Å². The lowest BCUT2D eigenvalue weighted by molar-refractivity contribution is 0.177. The molecule has 0 N–H and O–H groups in total. The standard InChI is InChI=1S/C33H50N2OS/c1-4-6-8-9-10-11-13-27-14-16-28(17-15-27)25-36-30-20-18-29(19-21-30)33(3,22-12-7-5-2)31-26-37-32-34-23-24-35(31)32/h18-21,23-24,26-28H,4-17,22,25H2,1-3H3. The Morgan fingerprint density at radius 2 is 1.57 bits per heavy atom. The molecule has 2 heterocycles. The van der Waals surface area contributed by atoms with Gasteiger partial charge in [-0.25, -0.2) is 4.98 Å². The van der Waals surface area contributed by atoms with Gasteiger partial charge < -0.3 is 4.74 Å². The van der Waals surface area contributed by atoms with Gasteiger partial charge in [0.1, 0.15) is 5.75 Å². The average molecular weight is 523 g/mol. The first-order valence-corrected chi connectivity index (χ1v) is 16.2. The summed E-state index contributed by atoms with van der Waals surface area (Å²) < 4.78 is 8.60. The van der Waals surface area contributed by atoms with E-state index in [0.717, 1.165) is 35.6 Å². The van der Waals surface area contributed by atoms with Crippen LogP contribution in [0.2, 0.25) is 0 Å². The van der Waals surface area contributed by atoms with Crippen LogP contribution >= 0.6 is 11.3 Å². The van der Waals surface area contributed by atoms with E-state index in [1.165, 1.54) is 101 Å². The Kier molecular flexibility index (Phi) is 11.0. The highest BCUT2D eigenvalue weighted by atomic mass is 32.1. The molecular weight excluding hydrogens is 472 g/mol. The van der Waals surface area contributed by atoms with E-state index in [4.69, 9.17) is 4.74 Å². The summed E-state index contributed by atoms with van der Waals surface area (Å²) in [5.41, 5.74) is 2.70. The Bertz CT molecular complexity index is 1030. The zero-order valence-corrected chi connectivity index (χ0v) is 24.5. The second-order valence-corrected chi connectivity index (χ2v) is 12.6. The molecular formula is C33H50N2OS. The van der Waals surface area contributed by atoms with Gasteiger partial charge in [0.2, 0.25) is 0 Å². The van der Waals surface area contributed by atoms with Gasteiger partial charge in [-0.15, -0.1) is 11.3 Å². The van der Waals surface area contributed by atoms with Crippen molar-refractivity contribution >= 4 is 16.3 Å². The van der Waals surface area contributed by atoms with Crippen LogP contribution in [0.25, 0.3) is 4.96 Å². The quantitative estimate of drug-likeness (QED) is 0.175. The van der Waals surface area contributed by atoms with E-state index in [1.54, 1.807) is 11.3 Å².